The SMILES string of the molecule is [CH2]CCOOC(=O)c1ccc(OCCCC)cc1. The molecule has 1 rings (SSSR count). The molecule has 0 saturated heterocycles. The molecule has 0 aliphatic heterocycles. The van der Waals surface area contributed by atoms with Crippen LogP contribution >= 0.6 is 0 Å². The standard InChI is InChI=1S/C14H19O4/c1-3-5-11-16-13-8-6-12(7-9-13)14(15)18-17-10-4-2/h6-9H,2-5,10-11H2,1H3. The molecule has 4 heteroatoms. The van der Waals surface area contributed by atoms with E-state index in [9.17, 15) is 4.79 Å². The summed E-state index contributed by atoms with van der Waals surface area (Å²) >= 11 is 0. The van der Waals surface area contributed by atoms with Crippen LogP contribution in [-0.4, -0.2) is 19.2 Å². The van der Waals surface area contributed by atoms with E-state index in [1.807, 2.05) is 0 Å². The van der Waals surface area contributed by atoms with E-state index >= 15 is 0 Å². The van der Waals surface area contributed by atoms with E-state index in [1.54, 1.807) is 24.3 Å². The van der Waals surface area contributed by atoms with Crippen molar-refractivity contribution < 1.29 is 19.3 Å². The lowest BCUT2D eigenvalue weighted by Crippen LogP contribution is -2.06. The van der Waals surface area contributed by atoms with Gasteiger partial charge in [-0.05, 0) is 37.1 Å². The van der Waals surface area contributed by atoms with Gasteiger partial charge in [0.15, 0.2) is 0 Å². The molecule has 4 nitrogen and oxygen atoms in total. The van der Waals surface area contributed by atoms with Crippen LogP contribution in [0.1, 0.15) is 36.5 Å². The second-order valence-corrected chi connectivity index (χ2v) is 3.77. The molecule has 0 aromatic heterocycles. The molecule has 0 heterocycles. The van der Waals surface area contributed by atoms with E-state index in [0.717, 1.165) is 18.6 Å². The van der Waals surface area contributed by atoms with Gasteiger partial charge in [0.05, 0.1) is 18.8 Å². The minimum Gasteiger partial charge on any atom is -0.494 e. The maximum Gasteiger partial charge on any atom is 0.373 e. The maximum atomic E-state index is 11.5. The molecule has 0 amide bonds. The first-order chi connectivity index (χ1) is 8.77. The number of carbonyl (C=O) groups excluding carboxylic acids is 1. The van der Waals surface area contributed by atoms with Crippen LogP contribution in [0.25, 0.3) is 0 Å². The van der Waals surface area contributed by atoms with Gasteiger partial charge in [-0.1, -0.05) is 20.3 Å². The number of benzene rings is 1. The molecule has 1 radical (unpaired) electrons. The third-order valence-corrected chi connectivity index (χ3v) is 2.22. The highest BCUT2D eigenvalue weighted by molar-refractivity contribution is 5.89. The molecule has 0 unspecified atom stereocenters. The monoisotopic (exact) mass is 251 g/mol. The summed E-state index contributed by atoms with van der Waals surface area (Å²) in [5, 5.41) is 0. The number of ether oxygens (including phenoxy) is 1. The molecule has 0 fully saturated rings. The molecule has 0 saturated carbocycles. The Labute approximate surface area is 108 Å². The fourth-order valence-electron chi connectivity index (χ4n) is 1.22. The summed E-state index contributed by atoms with van der Waals surface area (Å²) in [7, 11) is 0. The molecule has 0 atom stereocenters. The summed E-state index contributed by atoms with van der Waals surface area (Å²) in [4.78, 5) is 20.7. The van der Waals surface area contributed by atoms with E-state index in [4.69, 9.17) is 4.74 Å². The molecule has 0 N–H and O–H groups in total. The lowest BCUT2D eigenvalue weighted by molar-refractivity contribution is -0.239. The van der Waals surface area contributed by atoms with Gasteiger partial charge in [0, 0.05) is 0 Å². The minimum absolute atomic E-state index is 0.296. The van der Waals surface area contributed by atoms with Crippen molar-refractivity contribution in [2.75, 3.05) is 13.2 Å². The molecule has 1 aromatic rings. The minimum atomic E-state index is -0.511. The van der Waals surface area contributed by atoms with Crippen molar-refractivity contribution in [2.24, 2.45) is 0 Å². The van der Waals surface area contributed by atoms with Crippen LogP contribution in [0.5, 0.6) is 5.75 Å². The molecule has 0 aliphatic rings. The average Bonchev–Trinajstić information content (AvgIpc) is 2.40. The predicted molar refractivity (Wildman–Crippen MR) is 68.2 cm³/mol. The summed E-state index contributed by atoms with van der Waals surface area (Å²) in [5.74, 6) is 0.238. The van der Waals surface area contributed by atoms with Crippen LogP contribution < -0.4 is 4.74 Å². The Morgan fingerprint density at radius 2 is 1.94 bits per heavy atom. The van der Waals surface area contributed by atoms with Crippen LogP contribution in [0.4, 0.5) is 0 Å². The normalized spacial score (nSPS) is 10.1. The molecular formula is C14H19O4. The molecule has 1 aromatic carbocycles. The van der Waals surface area contributed by atoms with Crippen LogP contribution in [-0.2, 0) is 9.78 Å². The number of carbonyl (C=O) groups is 1. The van der Waals surface area contributed by atoms with E-state index in [-0.39, 0.29) is 0 Å². The second-order valence-electron chi connectivity index (χ2n) is 3.77. The van der Waals surface area contributed by atoms with Gasteiger partial charge in [-0.3, -0.25) is 4.89 Å². The van der Waals surface area contributed by atoms with Crippen LogP contribution in [0, 0.1) is 6.92 Å². The topological polar surface area (TPSA) is 44.8 Å². The third-order valence-electron chi connectivity index (χ3n) is 2.22. The van der Waals surface area contributed by atoms with Gasteiger partial charge in [0.25, 0.3) is 0 Å². The van der Waals surface area contributed by atoms with Crippen molar-refractivity contribution in [3.05, 3.63) is 36.8 Å². The number of hydrogen-bond acceptors (Lipinski definition) is 4. The van der Waals surface area contributed by atoms with Gasteiger partial charge in [-0.15, -0.1) is 0 Å². The quantitative estimate of drug-likeness (QED) is 0.404. The number of rotatable bonds is 8. The predicted octanol–water partition coefficient (Wildman–Crippen LogP) is 3.18. The molecular weight excluding hydrogens is 232 g/mol. The van der Waals surface area contributed by atoms with Crippen LogP contribution in [0.3, 0.4) is 0 Å². The second kappa shape index (κ2) is 8.53. The van der Waals surface area contributed by atoms with E-state index in [0.29, 0.717) is 25.2 Å². The van der Waals surface area contributed by atoms with Crippen molar-refractivity contribution in [1.29, 1.82) is 0 Å². The molecule has 0 bridgehead atoms. The van der Waals surface area contributed by atoms with Crippen LogP contribution in [0.2, 0.25) is 0 Å². The zero-order chi connectivity index (χ0) is 13.2. The Morgan fingerprint density at radius 3 is 2.56 bits per heavy atom. The zero-order valence-corrected chi connectivity index (χ0v) is 10.7. The van der Waals surface area contributed by atoms with Gasteiger partial charge in [0.1, 0.15) is 5.75 Å². The lowest BCUT2D eigenvalue weighted by Gasteiger charge is -2.06. The Kier molecular flexibility index (Phi) is 6.87. The van der Waals surface area contributed by atoms with E-state index < -0.39 is 5.97 Å². The van der Waals surface area contributed by atoms with Crippen molar-refractivity contribution in [2.45, 2.75) is 26.2 Å². The van der Waals surface area contributed by atoms with Crippen molar-refractivity contribution >= 4 is 5.97 Å². The fraction of sp³-hybridized carbons (Fsp3) is 0.429. The zero-order valence-electron chi connectivity index (χ0n) is 10.7. The van der Waals surface area contributed by atoms with Gasteiger partial charge in [-0.2, -0.15) is 4.89 Å². The Bertz CT molecular complexity index is 345. The number of unbranched alkanes of at least 4 members (excludes halogenated alkanes) is 1. The van der Waals surface area contributed by atoms with E-state index in [2.05, 4.69) is 23.6 Å². The van der Waals surface area contributed by atoms with Gasteiger partial charge in [0.2, 0.25) is 0 Å². The third kappa shape index (κ3) is 5.19. The summed E-state index contributed by atoms with van der Waals surface area (Å²) in [5.41, 5.74) is 0.432. The summed E-state index contributed by atoms with van der Waals surface area (Å²) in [6.45, 7) is 6.66. The first-order valence-electron chi connectivity index (χ1n) is 6.13. The molecule has 0 spiro atoms. The highest BCUT2D eigenvalue weighted by Gasteiger charge is 2.08. The molecule has 99 valence electrons. The van der Waals surface area contributed by atoms with Crippen molar-refractivity contribution in [3.63, 3.8) is 0 Å². The summed E-state index contributed by atoms with van der Waals surface area (Å²) in [6, 6.07) is 6.79. The highest BCUT2D eigenvalue weighted by atomic mass is 17.2. The van der Waals surface area contributed by atoms with Gasteiger partial charge >= 0.3 is 5.97 Å². The first kappa shape index (κ1) is 14.5. The summed E-state index contributed by atoms with van der Waals surface area (Å²) in [6.07, 6.45) is 2.66. The maximum absolute atomic E-state index is 11.5. The fourth-order valence-corrected chi connectivity index (χ4v) is 1.22. The van der Waals surface area contributed by atoms with Gasteiger partial charge < -0.3 is 4.74 Å². The van der Waals surface area contributed by atoms with Gasteiger partial charge in [-0.25, -0.2) is 4.79 Å². The largest absolute Gasteiger partial charge is 0.494 e. The Hall–Kier alpha value is -1.55. The Morgan fingerprint density at radius 1 is 1.22 bits per heavy atom. The smallest absolute Gasteiger partial charge is 0.373 e. The summed E-state index contributed by atoms with van der Waals surface area (Å²) < 4.78 is 5.49. The Balaban J connectivity index is 2.41. The van der Waals surface area contributed by atoms with Crippen molar-refractivity contribution in [3.8, 4) is 5.75 Å². The highest BCUT2D eigenvalue weighted by Crippen LogP contribution is 2.13. The number of hydrogen-bond donors (Lipinski definition) is 0. The first-order valence-corrected chi connectivity index (χ1v) is 6.13. The van der Waals surface area contributed by atoms with Crippen molar-refractivity contribution in [1.82, 2.24) is 0 Å². The van der Waals surface area contributed by atoms with Crippen LogP contribution in [0.15, 0.2) is 24.3 Å². The molecule has 0 aliphatic carbocycles. The average molecular weight is 251 g/mol. The lowest BCUT2D eigenvalue weighted by atomic mass is 10.2. The molecule has 18 heavy (non-hydrogen) atoms. The van der Waals surface area contributed by atoms with E-state index in [1.165, 1.54) is 0 Å².